The second-order valence-corrected chi connectivity index (χ2v) is 12.1. The topological polar surface area (TPSA) is 110 Å². The fraction of sp³-hybridized carbons (Fsp3) is 0.353. The summed E-state index contributed by atoms with van der Waals surface area (Å²) in [7, 11) is 3.56. The Kier molecular flexibility index (Phi) is 7.63. The van der Waals surface area contributed by atoms with Crippen LogP contribution in [0.1, 0.15) is 60.9 Å². The Balaban J connectivity index is 1.41. The number of anilines is 1. The minimum Gasteiger partial charge on any atom is -0.496 e. The summed E-state index contributed by atoms with van der Waals surface area (Å²) in [6, 6.07) is 15.9. The lowest BCUT2D eigenvalue weighted by molar-refractivity contribution is 0.0736. The molecule has 44 heavy (non-hydrogen) atoms. The first-order chi connectivity index (χ1) is 21.0. The summed E-state index contributed by atoms with van der Waals surface area (Å²) in [5.74, 6) is 2.08. The third kappa shape index (κ3) is 5.41. The molecule has 0 bridgehead atoms. The van der Waals surface area contributed by atoms with E-state index in [-0.39, 0.29) is 11.9 Å². The number of methoxy groups -OCH3 is 1. The van der Waals surface area contributed by atoms with E-state index in [1.54, 1.807) is 31.7 Å². The van der Waals surface area contributed by atoms with Crippen LogP contribution in [0.15, 0.2) is 60.9 Å². The molecule has 1 aliphatic heterocycles. The van der Waals surface area contributed by atoms with Crippen molar-refractivity contribution in [2.75, 3.05) is 19.0 Å². The van der Waals surface area contributed by atoms with Crippen molar-refractivity contribution >= 4 is 17.4 Å². The van der Waals surface area contributed by atoms with Crippen molar-refractivity contribution in [1.82, 2.24) is 29.0 Å². The van der Waals surface area contributed by atoms with Crippen molar-refractivity contribution in [3.8, 4) is 28.3 Å². The van der Waals surface area contributed by atoms with Crippen molar-refractivity contribution in [1.29, 1.82) is 0 Å². The van der Waals surface area contributed by atoms with Gasteiger partial charge >= 0.3 is 0 Å². The second kappa shape index (κ2) is 11.4. The van der Waals surface area contributed by atoms with Crippen LogP contribution in [0.25, 0.3) is 28.2 Å². The number of nitrogens with zero attached hydrogens (tertiary/aromatic N) is 6. The van der Waals surface area contributed by atoms with Gasteiger partial charge in [-0.05, 0) is 69.9 Å². The molecule has 2 N–H and O–H groups in total. The fourth-order valence-corrected chi connectivity index (χ4v) is 5.98. The predicted octanol–water partition coefficient (Wildman–Crippen LogP) is 5.58. The van der Waals surface area contributed by atoms with E-state index >= 15 is 0 Å². The molecule has 1 fully saturated rings. The predicted molar refractivity (Wildman–Crippen MR) is 171 cm³/mol. The first kappa shape index (κ1) is 29.4. The Hall–Kier alpha value is -4.70. The number of hydrogen-bond donors (Lipinski definition) is 2. The van der Waals surface area contributed by atoms with Gasteiger partial charge in [-0.2, -0.15) is 9.61 Å². The molecule has 0 radical (unpaired) electrons. The highest BCUT2D eigenvalue weighted by molar-refractivity contribution is 5.99. The second-order valence-electron chi connectivity index (χ2n) is 12.1. The number of fused-ring (bicyclic) bond motifs is 1. The first-order valence-electron chi connectivity index (χ1n) is 15.0. The smallest absolute Gasteiger partial charge is 0.257 e. The number of likely N-dealkylation sites (tertiary alicyclic amines) is 1. The van der Waals surface area contributed by atoms with Gasteiger partial charge in [-0.15, -0.1) is 0 Å². The average molecular weight is 594 g/mol. The van der Waals surface area contributed by atoms with Crippen molar-refractivity contribution in [3.05, 3.63) is 83.4 Å². The summed E-state index contributed by atoms with van der Waals surface area (Å²) in [5.41, 5.74) is 4.86. The first-order valence-corrected chi connectivity index (χ1v) is 15.0. The number of amides is 1. The van der Waals surface area contributed by atoms with Gasteiger partial charge in [0.1, 0.15) is 23.0 Å². The molecule has 10 heteroatoms. The van der Waals surface area contributed by atoms with Gasteiger partial charge in [-0.1, -0.05) is 24.3 Å². The zero-order valence-corrected chi connectivity index (χ0v) is 26.1. The van der Waals surface area contributed by atoms with E-state index in [0.29, 0.717) is 35.0 Å². The number of nitrogens with one attached hydrogen (secondary N) is 1. The number of aryl methyl sites for hydroxylation is 2. The maximum Gasteiger partial charge on any atom is 0.257 e. The summed E-state index contributed by atoms with van der Waals surface area (Å²) >= 11 is 0. The largest absolute Gasteiger partial charge is 0.496 e. The monoisotopic (exact) mass is 593 g/mol. The molecule has 228 valence electrons. The fourth-order valence-electron chi connectivity index (χ4n) is 5.98. The Bertz CT molecular complexity index is 1850. The molecule has 4 heterocycles. The van der Waals surface area contributed by atoms with Gasteiger partial charge in [-0.3, -0.25) is 4.79 Å². The van der Waals surface area contributed by atoms with Crippen molar-refractivity contribution in [2.45, 2.75) is 58.7 Å². The minimum absolute atomic E-state index is 0.0388. The maximum atomic E-state index is 13.6. The van der Waals surface area contributed by atoms with E-state index in [2.05, 4.69) is 29.4 Å². The number of rotatable bonds is 8. The Morgan fingerprint density at radius 3 is 2.66 bits per heavy atom. The van der Waals surface area contributed by atoms with Crippen LogP contribution in [-0.2, 0) is 19.2 Å². The van der Waals surface area contributed by atoms with E-state index in [1.165, 1.54) is 0 Å². The van der Waals surface area contributed by atoms with Crippen molar-refractivity contribution in [3.63, 3.8) is 0 Å². The number of benzene rings is 2. The van der Waals surface area contributed by atoms with Crippen LogP contribution in [0.2, 0.25) is 0 Å². The molecule has 6 rings (SSSR count). The number of aromatic nitrogens is 5. The van der Waals surface area contributed by atoms with E-state index < -0.39 is 5.60 Å². The van der Waals surface area contributed by atoms with Gasteiger partial charge in [-0.25, -0.2) is 9.97 Å². The van der Waals surface area contributed by atoms with Gasteiger partial charge in [0.2, 0.25) is 0 Å². The summed E-state index contributed by atoms with van der Waals surface area (Å²) in [6.07, 6.45) is 5.71. The van der Waals surface area contributed by atoms with Crippen LogP contribution in [0.5, 0.6) is 5.75 Å². The number of carbonyl (C=O) groups excluding carboxylic acids is 1. The third-order valence-electron chi connectivity index (χ3n) is 8.40. The van der Waals surface area contributed by atoms with Crippen LogP contribution in [0, 0.1) is 6.92 Å². The number of imidazole rings is 1. The lowest BCUT2D eigenvalue weighted by atomic mass is 10.0. The van der Waals surface area contributed by atoms with Gasteiger partial charge < -0.3 is 24.6 Å². The molecular formula is C34H39N7O3. The molecule has 3 aromatic heterocycles. The lowest BCUT2D eigenvalue weighted by Gasteiger charge is -2.23. The minimum atomic E-state index is -1.20. The summed E-state index contributed by atoms with van der Waals surface area (Å²) in [5, 5.41) is 19.4. The molecule has 0 spiro atoms. The number of aliphatic hydroxyl groups is 1. The van der Waals surface area contributed by atoms with E-state index in [9.17, 15) is 9.90 Å². The van der Waals surface area contributed by atoms with Crippen molar-refractivity contribution < 1.29 is 14.6 Å². The molecule has 0 unspecified atom stereocenters. The van der Waals surface area contributed by atoms with Crippen LogP contribution >= 0.6 is 0 Å². The normalized spacial score (nSPS) is 15.2. The SMILES string of the molecule is COc1ccc(-c2c(C)nn3c(NCc4cccc(-c5nccn5C)c4)cc(C(C)(C)O)nc23)cc1C(=O)N1CCC[C@@H]1C. The Morgan fingerprint density at radius 2 is 1.98 bits per heavy atom. The van der Waals surface area contributed by atoms with Crippen LogP contribution < -0.4 is 10.1 Å². The number of ether oxygens (including phenoxy) is 1. The zero-order valence-electron chi connectivity index (χ0n) is 26.1. The lowest BCUT2D eigenvalue weighted by Crippen LogP contribution is -2.33. The molecule has 1 amide bonds. The van der Waals surface area contributed by atoms with Gasteiger partial charge in [0.05, 0.1) is 24.1 Å². The van der Waals surface area contributed by atoms with Gasteiger partial charge in [0.25, 0.3) is 5.91 Å². The van der Waals surface area contributed by atoms with Gasteiger partial charge in [0, 0.05) is 55.8 Å². The van der Waals surface area contributed by atoms with E-state index in [1.807, 2.05) is 66.0 Å². The zero-order chi connectivity index (χ0) is 31.2. The van der Waals surface area contributed by atoms with E-state index in [0.717, 1.165) is 53.2 Å². The highest BCUT2D eigenvalue weighted by Gasteiger charge is 2.29. The maximum absolute atomic E-state index is 13.6. The summed E-state index contributed by atoms with van der Waals surface area (Å²) < 4.78 is 9.38. The molecule has 0 aliphatic carbocycles. The molecule has 1 saturated heterocycles. The molecule has 10 nitrogen and oxygen atoms in total. The van der Waals surface area contributed by atoms with Crippen molar-refractivity contribution in [2.24, 2.45) is 7.05 Å². The van der Waals surface area contributed by atoms with Gasteiger partial charge in [0.15, 0.2) is 5.65 Å². The van der Waals surface area contributed by atoms with Crippen LogP contribution in [0.3, 0.4) is 0 Å². The van der Waals surface area contributed by atoms with E-state index in [4.69, 9.17) is 14.8 Å². The molecule has 1 aliphatic rings. The van der Waals surface area contributed by atoms with Crippen LogP contribution in [-0.4, -0.2) is 59.8 Å². The summed E-state index contributed by atoms with van der Waals surface area (Å²) in [6.45, 7) is 8.71. The molecule has 2 aromatic carbocycles. The Labute approximate surface area is 257 Å². The number of carbonyl (C=O) groups is 1. The quantitative estimate of drug-likeness (QED) is 0.242. The van der Waals surface area contributed by atoms with Crippen LogP contribution in [0.4, 0.5) is 5.82 Å². The number of hydrogen-bond acceptors (Lipinski definition) is 7. The third-order valence-corrected chi connectivity index (χ3v) is 8.40. The molecule has 5 aromatic rings. The summed E-state index contributed by atoms with van der Waals surface area (Å²) in [4.78, 5) is 24.9. The average Bonchev–Trinajstić information content (AvgIpc) is 3.72. The molecular weight excluding hydrogens is 554 g/mol. The standard InChI is InChI=1S/C34H39N7O3/c1-21-9-8-15-40(21)33(42)26-18-24(12-13-27(26)44-6)30-22(2)38-41-29(19-28(34(3,4)43)37-32(30)41)36-20-23-10-7-11-25(17-23)31-35-14-16-39(31)5/h7,10-14,16-19,21,36,43H,8-9,15,20H2,1-6H3/t21-/m0/s1. The highest BCUT2D eigenvalue weighted by Crippen LogP contribution is 2.35. The molecule has 1 atom stereocenters. The molecule has 0 saturated carbocycles. The Morgan fingerprint density at radius 1 is 1.16 bits per heavy atom. The highest BCUT2D eigenvalue weighted by atomic mass is 16.5.